The third-order valence-electron chi connectivity index (χ3n) is 3.31. The van der Waals surface area contributed by atoms with Crippen molar-refractivity contribution in [3.63, 3.8) is 0 Å². The molecule has 2 nitrogen and oxygen atoms in total. The molecule has 0 spiro atoms. The van der Waals surface area contributed by atoms with Crippen molar-refractivity contribution in [1.82, 2.24) is 0 Å². The van der Waals surface area contributed by atoms with E-state index in [-0.39, 0.29) is 5.92 Å². The second kappa shape index (κ2) is 6.43. The molecule has 0 fully saturated rings. The van der Waals surface area contributed by atoms with Gasteiger partial charge in [0.1, 0.15) is 5.78 Å². The maximum atomic E-state index is 11.8. The monoisotopic (exact) mass is 233 g/mol. The predicted octanol–water partition coefficient (Wildman–Crippen LogP) is 3.77. The zero-order valence-electron chi connectivity index (χ0n) is 11.1. The van der Waals surface area contributed by atoms with E-state index in [1.165, 1.54) is 5.56 Å². The molecule has 0 aromatic heterocycles. The molecule has 0 saturated heterocycles. The Balaban J connectivity index is 2.51. The predicted molar refractivity (Wildman–Crippen MR) is 73.0 cm³/mol. The van der Waals surface area contributed by atoms with Crippen LogP contribution in [0.2, 0.25) is 0 Å². The molecule has 0 amide bonds. The minimum atomic E-state index is 0.284. The average molecular weight is 233 g/mol. The van der Waals surface area contributed by atoms with Crippen LogP contribution in [0.1, 0.15) is 51.5 Å². The van der Waals surface area contributed by atoms with Gasteiger partial charge in [0.2, 0.25) is 0 Å². The number of rotatable bonds is 6. The fraction of sp³-hybridized carbons (Fsp3) is 0.533. The van der Waals surface area contributed by atoms with Crippen molar-refractivity contribution in [3.05, 3.63) is 29.8 Å². The van der Waals surface area contributed by atoms with Gasteiger partial charge in [0, 0.05) is 18.5 Å². The lowest BCUT2D eigenvalue weighted by Crippen LogP contribution is -2.08. The largest absolute Gasteiger partial charge is 0.399 e. The molecule has 94 valence electrons. The van der Waals surface area contributed by atoms with Gasteiger partial charge in [-0.2, -0.15) is 0 Å². The van der Waals surface area contributed by atoms with Crippen LogP contribution in [0.5, 0.6) is 0 Å². The van der Waals surface area contributed by atoms with Crippen LogP contribution in [0.4, 0.5) is 5.69 Å². The number of ketones is 1. The summed E-state index contributed by atoms with van der Waals surface area (Å²) in [5, 5.41) is 0. The highest BCUT2D eigenvalue weighted by Gasteiger charge is 2.13. The van der Waals surface area contributed by atoms with E-state index < -0.39 is 0 Å². The summed E-state index contributed by atoms with van der Waals surface area (Å²) in [4.78, 5) is 11.8. The van der Waals surface area contributed by atoms with Gasteiger partial charge >= 0.3 is 0 Å². The quantitative estimate of drug-likeness (QED) is 0.760. The highest BCUT2D eigenvalue weighted by molar-refractivity contribution is 5.79. The molecule has 0 bridgehead atoms. The van der Waals surface area contributed by atoms with Crippen molar-refractivity contribution < 1.29 is 4.79 Å². The Bertz CT molecular complexity index is 356. The standard InChI is InChI=1S/C15H23NO/c1-4-11(2)9-15(17)10-12(3)13-5-7-14(16)8-6-13/h5-8,11-12H,4,9-10,16H2,1-3H3. The molecule has 17 heavy (non-hydrogen) atoms. The van der Waals surface area contributed by atoms with Crippen LogP contribution in [-0.2, 0) is 4.79 Å². The number of carbonyl (C=O) groups excluding carboxylic acids is 1. The van der Waals surface area contributed by atoms with E-state index in [0.717, 1.165) is 12.1 Å². The third kappa shape index (κ3) is 4.59. The smallest absolute Gasteiger partial charge is 0.133 e. The molecule has 1 aromatic carbocycles. The van der Waals surface area contributed by atoms with Gasteiger partial charge < -0.3 is 5.73 Å². The van der Waals surface area contributed by atoms with Crippen LogP contribution < -0.4 is 5.73 Å². The number of Topliss-reactive ketones (excluding diaryl/α,β-unsaturated/α-hetero) is 1. The first-order valence-electron chi connectivity index (χ1n) is 6.40. The number of hydrogen-bond donors (Lipinski definition) is 1. The Morgan fingerprint density at radius 1 is 1.18 bits per heavy atom. The van der Waals surface area contributed by atoms with Crippen LogP contribution in [-0.4, -0.2) is 5.78 Å². The topological polar surface area (TPSA) is 43.1 Å². The van der Waals surface area contributed by atoms with Crippen molar-refractivity contribution in [2.45, 2.75) is 46.0 Å². The Morgan fingerprint density at radius 3 is 2.29 bits per heavy atom. The molecule has 0 aliphatic heterocycles. The number of hydrogen-bond acceptors (Lipinski definition) is 2. The van der Waals surface area contributed by atoms with E-state index in [0.29, 0.717) is 24.5 Å². The lowest BCUT2D eigenvalue weighted by molar-refractivity contribution is -0.120. The number of benzene rings is 1. The number of nitrogens with two attached hydrogens (primary N) is 1. The molecule has 2 unspecified atom stereocenters. The summed E-state index contributed by atoms with van der Waals surface area (Å²) in [5.41, 5.74) is 7.61. The van der Waals surface area contributed by atoms with Crippen LogP contribution in [0, 0.1) is 5.92 Å². The number of nitrogen functional groups attached to an aromatic ring is 1. The average Bonchev–Trinajstić information content (AvgIpc) is 2.29. The van der Waals surface area contributed by atoms with Gasteiger partial charge in [-0.25, -0.2) is 0 Å². The molecular weight excluding hydrogens is 210 g/mol. The summed E-state index contributed by atoms with van der Waals surface area (Å²) in [6, 6.07) is 7.81. The van der Waals surface area contributed by atoms with E-state index >= 15 is 0 Å². The van der Waals surface area contributed by atoms with Gasteiger partial charge in [0.25, 0.3) is 0 Å². The molecule has 1 rings (SSSR count). The van der Waals surface area contributed by atoms with Crippen LogP contribution in [0.3, 0.4) is 0 Å². The van der Waals surface area contributed by atoms with E-state index in [2.05, 4.69) is 20.8 Å². The van der Waals surface area contributed by atoms with Crippen molar-refractivity contribution in [3.8, 4) is 0 Å². The minimum Gasteiger partial charge on any atom is -0.399 e. The summed E-state index contributed by atoms with van der Waals surface area (Å²) in [6.45, 7) is 6.35. The lowest BCUT2D eigenvalue weighted by atomic mass is 9.91. The zero-order valence-corrected chi connectivity index (χ0v) is 11.1. The molecule has 0 aliphatic carbocycles. The fourth-order valence-electron chi connectivity index (χ4n) is 1.90. The maximum absolute atomic E-state index is 11.8. The van der Waals surface area contributed by atoms with Gasteiger partial charge in [-0.1, -0.05) is 39.3 Å². The number of anilines is 1. The normalized spacial score (nSPS) is 14.3. The van der Waals surface area contributed by atoms with Crippen LogP contribution in [0.25, 0.3) is 0 Å². The van der Waals surface area contributed by atoms with Crippen LogP contribution >= 0.6 is 0 Å². The second-order valence-corrected chi connectivity index (χ2v) is 5.03. The zero-order chi connectivity index (χ0) is 12.8. The Morgan fingerprint density at radius 2 is 1.76 bits per heavy atom. The Labute approximate surface area is 104 Å². The van der Waals surface area contributed by atoms with E-state index in [9.17, 15) is 4.79 Å². The van der Waals surface area contributed by atoms with E-state index in [1.807, 2.05) is 24.3 Å². The SMILES string of the molecule is CCC(C)CC(=O)CC(C)c1ccc(N)cc1. The lowest BCUT2D eigenvalue weighted by Gasteiger charge is -2.13. The molecule has 2 N–H and O–H groups in total. The summed E-state index contributed by atoms with van der Waals surface area (Å²) in [6.07, 6.45) is 2.41. The summed E-state index contributed by atoms with van der Waals surface area (Å²) in [7, 11) is 0. The van der Waals surface area contributed by atoms with Gasteiger partial charge in [0.05, 0.1) is 0 Å². The van der Waals surface area contributed by atoms with Crippen molar-refractivity contribution in [2.75, 3.05) is 5.73 Å². The summed E-state index contributed by atoms with van der Waals surface area (Å²) < 4.78 is 0. The molecular formula is C15H23NO. The van der Waals surface area contributed by atoms with E-state index in [4.69, 9.17) is 5.73 Å². The number of carbonyl (C=O) groups is 1. The third-order valence-corrected chi connectivity index (χ3v) is 3.31. The van der Waals surface area contributed by atoms with Crippen molar-refractivity contribution >= 4 is 11.5 Å². The Hall–Kier alpha value is -1.31. The molecule has 2 heteroatoms. The highest BCUT2D eigenvalue weighted by Crippen LogP contribution is 2.22. The molecule has 0 aliphatic rings. The van der Waals surface area contributed by atoms with Crippen molar-refractivity contribution in [1.29, 1.82) is 0 Å². The Kier molecular flexibility index (Phi) is 5.20. The highest BCUT2D eigenvalue weighted by atomic mass is 16.1. The minimum absolute atomic E-state index is 0.284. The van der Waals surface area contributed by atoms with Crippen LogP contribution in [0.15, 0.2) is 24.3 Å². The first-order chi connectivity index (χ1) is 8.02. The molecule has 0 saturated carbocycles. The summed E-state index contributed by atoms with van der Waals surface area (Å²) >= 11 is 0. The first kappa shape index (κ1) is 13.8. The fourth-order valence-corrected chi connectivity index (χ4v) is 1.90. The molecule has 2 atom stereocenters. The van der Waals surface area contributed by atoms with Gasteiger partial charge in [-0.15, -0.1) is 0 Å². The second-order valence-electron chi connectivity index (χ2n) is 5.03. The van der Waals surface area contributed by atoms with Gasteiger partial charge in [-0.3, -0.25) is 4.79 Å². The van der Waals surface area contributed by atoms with Gasteiger partial charge in [0.15, 0.2) is 0 Å². The van der Waals surface area contributed by atoms with Crippen molar-refractivity contribution in [2.24, 2.45) is 5.92 Å². The molecule has 1 aromatic rings. The summed E-state index contributed by atoms with van der Waals surface area (Å²) in [5.74, 6) is 1.15. The molecule has 0 radical (unpaired) electrons. The first-order valence-corrected chi connectivity index (χ1v) is 6.40. The maximum Gasteiger partial charge on any atom is 0.133 e. The van der Waals surface area contributed by atoms with Gasteiger partial charge in [-0.05, 0) is 29.5 Å². The molecule has 0 heterocycles. The van der Waals surface area contributed by atoms with E-state index in [1.54, 1.807) is 0 Å².